The minimum atomic E-state index is -0.131. The molecule has 0 saturated heterocycles. The molecule has 1 aromatic rings. The Hall–Kier alpha value is -0.970. The van der Waals surface area contributed by atoms with Crippen molar-refractivity contribution in [1.82, 2.24) is 10.2 Å². The molecule has 0 fully saturated rings. The van der Waals surface area contributed by atoms with Crippen molar-refractivity contribution in [1.29, 1.82) is 0 Å². The highest BCUT2D eigenvalue weighted by molar-refractivity contribution is 5.16. The molecule has 1 N–H and O–H groups in total. The van der Waals surface area contributed by atoms with Gasteiger partial charge in [0.1, 0.15) is 5.82 Å². The van der Waals surface area contributed by atoms with Crippen molar-refractivity contribution >= 4 is 0 Å². The second kappa shape index (κ2) is 9.03. The van der Waals surface area contributed by atoms with Crippen LogP contribution in [0.2, 0.25) is 0 Å². The van der Waals surface area contributed by atoms with Crippen molar-refractivity contribution in [2.45, 2.75) is 13.5 Å². The van der Waals surface area contributed by atoms with Gasteiger partial charge in [-0.1, -0.05) is 18.2 Å². The fourth-order valence-electron chi connectivity index (χ4n) is 1.68. The van der Waals surface area contributed by atoms with E-state index in [1.54, 1.807) is 6.07 Å². The summed E-state index contributed by atoms with van der Waals surface area (Å²) in [6.07, 6.45) is 0. The zero-order chi connectivity index (χ0) is 13.2. The van der Waals surface area contributed by atoms with E-state index in [0.29, 0.717) is 6.54 Å². The third kappa shape index (κ3) is 6.10. The maximum atomic E-state index is 13.4. The van der Waals surface area contributed by atoms with E-state index in [-0.39, 0.29) is 5.82 Å². The molecule has 0 amide bonds. The first-order valence-corrected chi connectivity index (χ1v) is 6.44. The number of rotatable bonds is 9. The van der Waals surface area contributed by atoms with Crippen molar-refractivity contribution in [2.75, 3.05) is 39.9 Å². The molecule has 0 aliphatic carbocycles. The summed E-state index contributed by atoms with van der Waals surface area (Å²) < 4.78 is 18.6. The van der Waals surface area contributed by atoms with Gasteiger partial charge in [-0.25, -0.2) is 4.39 Å². The average molecular weight is 254 g/mol. The van der Waals surface area contributed by atoms with E-state index >= 15 is 0 Å². The molecule has 0 radical (unpaired) electrons. The van der Waals surface area contributed by atoms with Crippen LogP contribution in [0.3, 0.4) is 0 Å². The van der Waals surface area contributed by atoms with E-state index in [4.69, 9.17) is 4.74 Å². The minimum Gasteiger partial charge on any atom is -0.380 e. The molecule has 0 heterocycles. The summed E-state index contributed by atoms with van der Waals surface area (Å²) in [5.41, 5.74) is 0.745. The molecule has 0 aliphatic rings. The molecular formula is C14H23FN2O. The quantitative estimate of drug-likeness (QED) is 0.681. The highest BCUT2D eigenvalue weighted by atomic mass is 19.1. The van der Waals surface area contributed by atoms with Gasteiger partial charge >= 0.3 is 0 Å². The standard InChI is InChI=1S/C14H23FN2O/c1-3-18-11-9-16-8-10-17(2)12-13-6-4-5-7-14(13)15/h4-7,16H,3,8-12H2,1-2H3. The molecule has 1 rings (SSSR count). The first kappa shape index (κ1) is 15.1. The van der Waals surface area contributed by atoms with Crippen LogP contribution in [-0.2, 0) is 11.3 Å². The predicted molar refractivity (Wildman–Crippen MR) is 72.1 cm³/mol. The minimum absolute atomic E-state index is 0.131. The number of benzene rings is 1. The number of halogens is 1. The fourth-order valence-corrected chi connectivity index (χ4v) is 1.68. The Morgan fingerprint density at radius 2 is 2.06 bits per heavy atom. The Morgan fingerprint density at radius 1 is 1.28 bits per heavy atom. The van der Waals surface area contributed by atoms with Crippen molar-refractivity contribution in [2.24, 2.45) is 0 Å². The van der Waals surface area contributed by atoms with Crippen molar-refractivity contribution in [3.05, 3.63) is 35.6 Å². The van der Waals surface area contributed by atoms with Crippen LogP contribution in [0.15, 0.2) is 24.3 Å². The summed E-state index contributed by atoms with van der Waals surface area (Å²) in [5.74, 6) is -0.131. The van der Waals surface area contributed by atoms with E-state index < -0.39 is 0 Å². The van der Waals surface area contributed by atoms with Gasteiger partial charge in [0.15, 0.2) is 0 Å². The van der Waals surface area contributed by atoms with E-state index in [2.05, 4.69) is 10.2 Å². The summed E-state index contributed by atoms with van der Waals surface area (Å²) in [4.78, 5) is 2.10. The lowest BCUT2D eigenvalue weighted by Gasteiger charge is -2.17. The average Bonchev–Trinajstić information content (AvgIpc) is 2.36. The maximum absolute atomic E-state index is 13.4. The molecule has 18 heavy (non-hydrogen) atoms. The van der Waals surface area contributed by atoms with Gasteiger partial charge in [0.2, 0.25) is 0 Å². The van der Waals surface area contributed by atoms with Crippen LogP contribution in [-0.4, -0.2) is 44.8 Å². The Bertz CT molecular complexity index is 333. The summed E-state index contributed by atoms with van der Waals surface area (Å²) in [5, 5.41) is 3.29. The summed E-state index contributed by atoms with van der Waals surface area (Å²) >= 11 is 0. The monoisotopic (exact) mass is 254 g/mol. The summed E-state index contributed by atoms with van der Waals surface area (Å²) in [7, 11) is 2.00. The molecule has 0 atom stereocenters. The maximum Gasteiger partial charge on any atom is 0.127 e. The van der Waals surface area contributed by atoms with E-state index in [1.807, 2.05) is 26.1 Å². The Labute approximate surface area is 109 Å². The predicted octanol–water partition coefficient (Wildman–Crippen LogP) is 1.88. The number of hydrogen-bond donors (Lipinski definition) is 1. The van der Waals surface area contributed by atoms with Crippen molar-refractivity contribution in [3.63, 3.8) is 0 Å². The fraction of sp³-hybridized carbons (Fsp3) is 0.571. The largest absolute Gasteiger partial charge is 0.380 e. The Balaban J connectivity index is 2.14. The third-order valence-corrected chi connectivity index (χ3v) is 2.70. The van der Waals surface area contributed by atoms with Crippen molar-refractivity contribution in [3.8, 4) is 0 Å². The number of likely N-dealkylation sites (N-methyl/N-ethyl adjacent to an activating group) is 1. The first-order chi connectivity index (χ1) is 8.74. The number of hydrogen-bond acceptors (Lipinski definition) is 3. The summed E-state index contributed by atoms with van der Waals surface area (Å²) in [6.45, 7) is 6.77. The van der Waals surface area contributed by atoms with Crippen LogP contribution in [0, 0.1) is 5.82 Å². The molecule has 0 aliphatic heterocycles. The molecule has 0 unspecified atom stereocenters. The number of nitrogens with one attached hydrogen (secondary N) is 1. The summed E-state index contributed by atoms with van der Waals surface area (Å²) in [6, 6.07) is 6.92. The molecule has 1 aromatic carbocycles. The molecule has 0 spiro atoms. The van der Waals surface area contributed by atoms with Gasteiger partial charge in [-0.15, -0.1) is 0 Å². The van der Waals surface area contributed by atoms with Crippen LogP contribution in [0.4, 0.5) is 4.39 Å². The smallest absolute Gasteiger partial charge is 0.127 e. The molecule has 102 valence electrons. The van der Waals surface area contributed by atoms with Gasteiger partial charge in [0.25, 0.3) is 0 Å². The molecule has 0 aromatic heterocycles. The number of ether oxygens (including phenoxy) is 1. The molecular weight excluding hydrogens is 231 g/mol. The Kier molecular flexibility index (Phi) is 7.57. The van der Waals surface area contributed by atoms with Crippen LogP contribution in [0.5, 0.6) is 0 Å². The SMILES string of the molecule is CCOCCNCCN(C)Cc1ccccc1F. The van der Waals surface area contributed by atoms with Gasteiger partial charge in [-0.2, -0.15) is 0 Å². The number of nitrogens with zero attached hydrogens (tertiary/aromatic N) is 1. The lowest BCUT2D eigenvalue weighted by Crippen LogP contribution is -2.31. The molecule has 4 heteroatoms. The highest BCUT2D eigenvalue weighted by Crippen LogP contribution is 2.08. The second-order valence-corrected chi connectivity index (χ2v) is 4.28. The van der Waals surface area contributed by atoms with Crippen LogP contribution in [0.1, 0.15) is 12.5 Å². The zero-order valence-electron chi connectivity index (χ0n) is 11.3. The normalized spacial score (nSPS) is 11.1. The van der Waals surface area contributed by atoms with Crippen LogP contribution < -0.4 is 5.32 Å². The van der Waals surface area contributed by atoms with E-state index in [1.165, 1.54) is 6.07 Å². The topological polar surface area (TPSA) is 24.5 Å². The second-order valence-electron chi connectivity index (χ2n) is 4.28. The lowest BCUT2D eigenvalue weighted by atomic mass is 10.2. The Morgan fingerprint density at radius 3 is 2.78 bits per heavy atom. The first-order valence-electron chi connectivity index (χ1n) is 6.44. The van der Waals surface area contributed by atoms with Gasteiger partial charge in [0, 0.05) is 38.3 Å². The lowest BCUT2D eigenvalue weighted by molar-refractivity contribution is 0.148. The zero-order valence-corrected chi connectivity index (χ0v) is 11.3. The molecule has 0 saturated carbocycles. The van der Waals surface area contributed by atoms with Crippen molar-refractivity contribution < 1.29 is 9.13 Å². The van der Waals surface area contributed by atoms with Gasteiger partial charge < -0.3 is 15.0 Å². The van der Waals surface area contributed by atoms with Crippen LogP contribution >= 0.6 is 0 Å². The van der Waals surface area contributed by atoms with Gasteiger partial charge in [-0.3, -0.25) is 0 Å². The molecule has 0 bridgehead atoms. The van der Waals surface area contributed by atoms with Crippen LogP contribution in [0.25, 0.3) is 0 Å². The van der Waals surface area contributed by atoms with Gasteiger partial charge in [0.05, 0.1) is 6.61 Å². The van der Waals surface area contributed by atoms with Gasteiger partial charge in [-0.05, 0) is 20.0 Å². The highest BCUT2D eigenvalue weighted by Gasteiger charge is 2.04. The van der Waals surface area contributed by atoms with E-state index in [0.717, 1.165) is 38.4 Å². The molecule has 3 nitrogen and oxygen atoms in total. The third-order valence-electron chi connectivity index (χ3n) is 2.70. The van der Waals surface area contributed by atoms with E-state index in [9.17, 15) is 4.39 Å².